The van der Waals surface area contributed by atoms with Crippen molar-refractivity contribution in [3.8, 4) is 6.07 Å². The number of nitrogens with zero attached hydrogens (tertiary/aromatic N) is 2. The Bertz CT molecular complexity index is 228. The SMILES string of the molecule is N#CCCN1CC(=O)NC(=O)C1. The summed E-state index contributed by atoms with van der Waals surface area (Å²) in [5.74, 6) is -0.576. The number of hydrogen-bond acceptors (Lipinski definition) is 4. The molecule has 1 aliphatic heterocycles. The van der Waals surface area contributed by atoms with Crippen LogP contribution in [0.2, 0.25) is 0 Å². The first-order valence-corrected chi connectivity index (χ1v) is 3.64. The number of rotatable bonds is 2. The molecule has 0 aromatic rings. The summed E-state index contributed by atoms with van der Waals surface area (Å²) < 4.78 is 0. The third-order valence-corrected chi connectivity index (χ3v) is 1.55. The Morgan fingerprint density at radius 3 is 2.50 bits per heavy atom. The van der Waals surface area contributed by atoms with Crippen LogP contribution in [0.4, 0.5) is 0 Å². The van der Waals surface area contributed by atoms with E-state index in [2.05, 4.69) is 5.32 Å². The second kappa shape index (κ2) is 3.83. The van der Waals surface area contributed by atoms with Crippen molar-refractivity contribution >= 4 is 11.8 Å². The van der Waals surface area contributed by atoms with E-state index in [-0.39, 0.29) is 24.9 Å². The van der Waals surface area contributed by atoms with Crippen molar-refractivity contribution in [3.05, 3.63) is 0 Å². The summed E-state index contributed by atoms with van der Waals surface area (Å²) >= 11 is 0. The molecule has 1 heterocycles. The van der Waals surface area contributed by atoms with Gasteiger partial charge >= 0.3 is 0 Å². The van der Waals surface area contributed by atoms with Gasteiger partial charge in [0, 0.05) is 13.0 Å². The highest BCUT2D eigenvalue weighted by atomic mass is 16.2. The van der Waals surface area contributed by atoms with Crippen LogP contribution < -0.4 is 5.32 Å². The first-order chi connectivity index (χ1) is 5.72. The lowest BCUT2D eigenvalue weighted by atomic mass is 10.3. The fourth-order valence-corrected chi connectivity index (χ4v) is 1.06. The summed E-state index contributed by atoms with van der Waals surface area (Å²) in [6, 6.07) is 1.96. The molecular weight excluding hydrogens is 158 g/mol. The van der Waals surface area contributed by atoms with Crippen molar-refractivity contribution in [2.45, 2.75) is 6.42 Å². The molecule has 64 valence electrons. The van der Waals surface area contributed by atoms with Crippen molar-refractivity contribution in [2.75, 3.05) is 19.6 Å². The van der Waals surface area contributed by atoms with Crippen LogP contribution in [0, 0.1) is 11.3 Å². The van der Waals surface area contributed by atoms with Gasteiger partial charge in [0.15, 0.2) is 0 Å². The van der Waals surface area contributed by atoms with E-state index >= 15 is 0 Å². The average Bonchev–Trinajstić information content (AvgIpc) is 1.99. The van der Waals surface area contributed by atoms with E-state index in [1.54, 1.807) is 4.90 Å². The Balaban J connectivity index is 2.40. The normalized spacial score (nSPS) is 18.6. The first-order valence-electron chi connectivity index (χ1n) is 3.64. The van der Waals surface area contributed by atoms with E-state index in [1.165, 1.54) is 0 Å². The van der Waals surface area contributed by atoms with Gasteiger partial charge in [-0.2, -0.15) is 5.26 Å². The lowest BCUT2D eigenvalue weighted by Crippen LogP contribution is -2.51. The van der Waals surface area contributed by atoms with Crippen LogP contribution in [0.5, 0.6) is 0 Å². The molecule has 1 aliphatic rings. The van der Waals surface area contributed by atoms with Gasteiger partial charge in [-0.25, -0.2) is 0 Å². The van der Waals surface area contributed by atoms with Crippen LogP contribution in [0.25, 0.3) is 0 Å². The van der Waals surface area contributed by atoms with E-state index in [9.17, 15) is 9.59 Å². The Kier molecular flexibility index (Phi) is 2.77. The summed E-state index contributed by atoms with van der Waals surface area (Å²) in [5, 5.41) is 10.4. The van der Waals surface area contributed by atoms with Gasteiger partial charge in [-0.1, -0.05) is 0 Å². The molecule has 12 heavy (non-hydrogen) atoms. The molecule has 1 fully saturated rings. The van der Waals surface area contributed by atoms with E-state index in [0.717, 1.165) is 0 Å². The van der Waals surface area contributed by atoms with Gasteiger partial charge in [-0.15, -0.1) is 0 Å². The minimum Gasteiger partial charge on any atom is -0.294 e. The fourth-order valence-electron chi connectivity index (χ4n) is 1.06. The highest BCUT2D eigenvalue weighted by Crippen LogP contribution is 1.95. The number of carbonyl (C=O) groups excluding carboxylic acids is 2. The molecule has 0 saturated carbocycles. The number of amides is 2. The molecule has 0 bridgehead atoms. The number of imide groups is 1. The average molecular weight is 167 g/mol. The van der Waals surface area contributed by atoms with Gasteiger partial charge < -0.3 is 0 Å². The number of piperazine rings is 1. The zero-order valence-electron chi connectivity index (χ0n) is 6.54. The first kappa shape index (κ1) is 8.68. The van der Waals surface area contributed by atoms with Gasteiger partial charge in [0.25, 0.3) is 0 Å². The van der Waals surface area contributed by atoms with Crippen molar-refractivity contribution in [3.63, 3.8) is 0 Å². The Morgan fingerprint density at radius 2 is 2.00 bits per heavy atom. The number of nitriles is 1. The second-order valence-electron chi connectivity index (χ2n) is 2.59. The third-order valence-electron chi connectivity index (χ3n) is 1.55. The smallest absolute Gasteiger partial charge is 0.240 e. The molecule has 0 spiro atoms. The Hall–Kier alpha value is -1.41. The monoisotopic (exact) mass is 167 g/mol. The van der Waals surface area contributed by atoms with Crippen LogP contribution in [-0.4, -0.2) is 36.3 Å². The number of hydrogen-bond donors (Lipinski definition) is 1. The maximum Gasteiger partial charge on any atom is 0.240 e. The summed E-state index contributed by atoms with van der Waals surface area (Å²) in [4.78, 5) is 23.2. The van der Waals surface area contributed by atoms with Crippen LogP contribution in [0.1, 0.15) is 6.42 Å². The Labute approximate surface area is 69.9 Å². The Morgan fingerprint density at radius 1 is 1.42 bits per heavy atom. The molecule has 0 atom stereocenters. The van der Waals surface area contributed by atoms with Crippen LogP contribution >= 0.6 is 0 Å². The summed E-state index contributed by atoms with van der Waals surface area (Å²) in [6.45, 7) is 0.913. The number of nitrogens with one attached hydrogen (secondary N) is 1. The van der Waals surface area contributed by atoms with Crippen LogP contribution in [0.15, 0.2) is 0 Å². The van der Waals surface area contributed by atoms with Gasteiger partial charge in [0.05, 0.1) is 19.2 Å². The van der Waals surface area contributed by atoms with Gasteiger partial charge in [0.2, 0.25) is 11.8 Å². The second-order valence-corrected chi connectivity index (χ2v) is 2.59. The zero-order chi connectivity index (χ0) is 8.97. The molecule has 1 N–H and O–H groups in total. The highest BCUT2D eigenvalue weighted by molar-refractivity contribution is 5.99. The van der Waals surface area contributed by atoms with E-state index in [4.69, 9.17) is 5.26 Å². The molecule has 0 radical (unpaired) electrons. The molecule has 1 saturated heterocycles. The van der Waals surface area contributed by atoms with Gasteiger partial charge in [0.1, 0.15) is 0 Å². The molecule has 1 rings (SSSR count). The zero-order valence-corrected chi connectivity index (χ0v) is 6.54. The predicted molar refractivity (Wildman–Crippen MR) is 39.8 cm³/mol. The maximum atomic E-state index is 10.8. The topological polar surface area (TPSA) is 73.2 Å². The summed E-state index contributed by atoms with van der Waals surface area (Å²) in [6.07, 6.45) is 0.348. The van der Waals surface area contributed by atoms with Crippen molar-refractivity contribution in [1.82, 2.24) is 10.2 Å². The van der Waals surface area contributed by atoms with Crippen LogP contribution in [0.3, 0.4) is 0 Å². The predicted octanol–water partition coefficient (Wildman–Crippen LogP) is -1.14. The maximum absolute atomic E-state index is 10.8. The molecule has 5 nitrogen and oxygen atoms in total. The van der Waals surface area contributed by atoms with Gasteiger partial charge in [-0.05, 0) is 0 Å². The molecule has 0 aliphatic carbocycles. The minimum atomic E-state index is -0.288. The standard InChI is InChI=1S/C7H9N3O2/c8-2-1-3-10-4-6(11)9-7(12)5-10/h1,3-5H2,(H,9,11,12). The van der Waals surface area contributed by atoms with Crippen molar-refractivity contribution < 1.29 is 9.59 Å². The van der Waals surface area contributed by atoms with E-state index in [1.807, 2.05) is 6.07 Å². The summed E-state index contributed by atoms with van der Waals surface area (Å²) in [5.41, 5.74) is 0. The van der Waals surface area contributed by atoms with Crippen molar-refractivity contribution in [2.24, 2.45) is 0 Å². The highest BCUT2D eigenvalue weighted by Gasteiger charge is 2.21. The quantitative estimate of drug-likeness (QED) is 0.527. The molecular formula is C7H9N3O2. The lowest BCUT2D eigenvalue weighted by molar-refractivity contribution is -0.135. The molecule has 0 aromatic carbocycles. The number of carbonyl (C=O) groups is 2. The molecule has 5 heteroatoms. The largest absolute Gasteiger partial charge is 0.294 e. The summed E-state index contributed by atoms with van der Waals surface area (Å²) in [7, 11) is 0. The van der Waals surface area contributed by atoms with Gasteiger partial charge in [-0.3, -0.25) is 19.8 Å². The van der Waals surface area contributed by atoms with E-state index in [0.29, 0.717) is 13.0 Å². The lowest BCUT2D eigenvalue weighted by Gasteiger charge is -2.23. The fraction of sp³-hybridized carbons (Fsp3) is 0.571. The van der Waals surface area contributed by atoms with E-state index < -0.39 is 0 Å². The van der Waals surface area contributed by atoms with Crippen LogP contribution in [-0.2, 0) is 9.59 Å². The van der Waals surface area contributed by atoms with Crippen molar-refractivity contribution in [1.29, 1.82) is 5.26 Å². The minimum absolute atomic E-state index is 0.216. The molecule has 0 aromatic heterocycles. The molecule has 2 amide bonds. The third kappa shape index (κ3) is 2.32. The molecule has 0 unspecified atom stereocenters.